The van der Waals surface area contributed by atoms with Crippen LogP contribution in [-0.4, -0.2) is 40.0 Å². The second-order valence-electron chi connectivity index (χ2n) is 7.06. The van der Waals surface area contributed by atoms with Gasteiger partial charge in [0.15, 0.2) is 0 Å². The summed E-state index contributed by atoms with van der Waals surface area (Å²) in [5.41, 5.74) is 8.02. The van der Waals surface area contributed by atoms with Crippen molar-refractivity contribution in [3.05, 3.63) is 58.0 Å². The Morgan fingerprint density at radius 2 is 2.07 bits per heavy atom. The number of aromatic amines is 2. The SMILES string of the molecule is NC(=O)c1ccc(-c2cc3cc(CN4CCCC(F)C4)ccc3[nH]2)c(=O)[nH]1. The first-order valence-corrected chi connectivity index (χ1v) is 9.01. The van der Waals surface area contributed by atoms with Crippen LogP contribution in [0.25, 0.3) is 22.2 Å². The molecule has 3 heterocycles. The molecular formula is C20H21FN4O2. The van der Waals surface area contributed by atoms with Crippen LogP contribution in [0.3, 0.4) is 0 Å². The summed E-state index contributed by atoms with van der Waals surface area (Å²) in [7, 11) is 0. The molecule has 0 spiro atoms. The van der Waals surface area contributed by atoms with Crippen molar-refractivity contribution in [3.63, 3.8) is 0 Å². The van der Waals surface area contributed by atoms with Crippen molar-refractivity contribution < 1.29 is 9.18 Å². The Morgan fingerprint density at radius 3 is 2.81 bits per heavy atom. The number of alkyl halides is 1. The van der Waals surface area contributed by atoms with E-state index in [-0.39, 0.29) is 11.3 Å². The Bertz CT molecular complexity index is 1060. The van der Waals surface area contributed by atoms with Gasteiger partial charge in [0, 0.05) is 24.0 Å². The van der Waals surface area contributed by atoms with Gasteiger partial charge in [-0.3, -0.25) is 14.5 Å². The first-order chi connectivity index (χ1) is 13.0. The van der Waals surface area contributed by atoms with Gasteiger partial charge in [-0.2, -0.15) is 0 Å². The van der Waals surface area contributed by atoms with E-state index in [2.05, 4.69) is 20.9 Å². The van der Waals surface area contributed by atoms with Crippen molar-refractivity contribution in [1.29, 1.82) is 0 Å². The third kappa shape index (κ3) is 3.64. The number of carbonyl (C=O) groups is 1. The zero-order valence-electron chi connectivity index (χ0n) is 14.8. The van der Waals surface area contributed by atoms with E-state index in [1.807, 2.05) is 18.2 Å². The number of hydrogen-bond donors (Lipinski definition) is 3. The molecule has 0 aliphatic carbocycles. The lowest BCUT2D eigenvalue weighted by Gasteiger charge is -2.28. The average molecular weight is 368 g/mol. The van der Waals surface area contributed by atoms with Crippen molar-refractivity contribution >= 4 is 16.8 Å². The van der Waals surface area contributed by atoms with Crippen LogP contribution < -0.4 is 11.3 Å². The molecule has 6 nitrogen and oxygen atoms in total. The highest BCUT2D eigenvalue weighted by molar-refractivity contribution is 5.91. The van der Waals surface area contributed by atoms with Crippen LogP contribution in [0.2, 0.25) is 0 Å². The predicted octanol–water partition coefficient (Wildman–Crippen LogP) is 2.56. The highest BCUT2D eigenvalue weighted by Crippen LogP contribution is 2.24. The van der Waals surface area contributed by atoms with Crippen LogP contribution in [0.5, 0.6) is 0 Å². The summed E-state index contributed by atoms with van der Waals surface area (Å²) in [5, 5.41) is 0.981. The fraction of sp³-hybridized carbons (Fsp3) is 0.300. The van der Waals surface area contributed by atoms with Gasteiger partial charge in [-0.15, -0.1) is 0 Å². The second-order valence-corrected chi connectivity index (χ2v) is 7.06. The molecule has 140 valence electrons. The number of hydrogen-bond acceptors (Lipinski definition) is 3. The Labute approximate surface area is 155 Å². The number of likely N-dealkylation sites (tertiary alicyclic amines) is 1. The fourth-order valence-corrected chi connectivity index (χ4v) is 3.66. The molecule has 0 radical (unpaired) electrons. The Kier molecular flexibility index (Phi) is 4.53. The van der Waals surface area contributed by atoms with Crippen LogP contribution in [-0.2, 0) is 6.54 Å². The highest BCUT2D eigenvalue weighted by atomic mass is 19.1. The van der Waals surface area contributed by atoms with Gasteiger partial charge in [0.1, 0.15) is 11.9 Å². The molecule has 1 aliphatic rings. The third-order valence-electron chi connectivity index (χ3n) is 5.00. The summed E-state index contributed by atoms with van der Waals surface area (Å²) in [5.74, 6) is -0.673. The topological polar surface area (TPSA) is 95.0 Å². The number of pyridine rings is 1. The number of nitrogens with two attached hydrogens (primary N) is 1. The lowest BCUT2D eigenvalue weighted by Crippen LogP contribution is -2.35. The Balaban J connectivity index is 1.61. The summed E-state index contributed by atoms with van der Waals surface area (Å²) >= 11 is 0. The van der Waals surface area contributed by atoms with Crippen LogP contribution in [0.1, 0.15) is 28.9 Å². The van der Waals surface area contributed by atoms with Gasteiger partial charge < -0.3 is 15.7 Å². The molecule has 1 aromatic carbocycles. The van der Waals surface area contributed by atoms with E-state index in [4.69, 9.17) is 5.73 Å². The quantitative estimate of drug-likeness (QED) is 0.660. The lowest BCUT2D eigenvalue weighted by molar-refractivity contribution is 0.0995. The van der Waals surface area contributed by atoms with Crippen LogP contribution in [0.15, 0.2) is 41.2 Å². The largest absolute Gasteiger partial charge is 0.364 e. The van der Waals surface area contributed by atoms with Gasteiger partial charge in [-0.05, 0) is 55.3 Å². The summed E-state index contributed by atoms with van der Waals surface area (Å²) < 4.78 is 13.6. The molecule has 1 fully saturated rings. The summed E-state index contributed by atoms with van der Waals surface area (Å²) in [6, 6.07) is 11.0. The zero-order chi connectivity index (χ0) is 19.0. The second kappa shape index (κ2) is 7.00. The molecule has 1 unspecified atom stereocenters. The van der Waals surface area contributed by atoms with E-state index in [0.29, 0.717) is 30.8 Å². The number of rotatable bonds is 4. The predicted molar refractivity (Wildman–Crippen MR) is 102 cm³/mol. The van der Waals surface area contributed by atoms with Crippen LogP contribution in [0, 0.1) is 0 Å². The molecule has 1 saturated heterocycles. The molecule has 27 heavy (non-hydrogen) atoms. The Morgan fingerprint density at radius 1 is 1.22 bits per heavy atom. The first-order valence-electron chi connectivity index (χ1n) is 9.01. The van der Waals surface area contributed by atoms with Crippen molar-refractivity contribution in [2.45, 2.75) is 25.6 Å². The first kappa shape index (κ1) is 17.5. The minimum atomic E-state index is -0.739. The zero-order valence-corrected chi connectivity index (χ0v) is 14.8. The summed E-state index contributed by atoms with van der Waals surface area (Å²) in [6.07, 6.45) is 0.804. The normalized spacial score (nSPS) is 18.0. The molecule has 7 heteroatoms. The molecule has 1 aliphatic heterocycles. The lowest BCUT2D eigenvalue weighted by atomic mass is 10.1. The number of H-pyrrole nitrogens is 2. The molecule has 0 bridgehead atoms. The number of carbonyl (C=O) groups excluding carboxylic acids is 1. The molecule has 3 aromatic rings. The molecule has 4 N–H and O–H groups in total. The Hall–Kier alpha value is -2.93. The monoisotopic (exact) mass is 368 g/mol. The minimum absolute atomic E-state index is 0.0786. The van der Waals surface area contributed by atoms with Gasteiger partial charge >= 0.3 is 0 Å². The van der Waals surface area contributed by atoms with E-state index in [0.717, 1.165) is 29.4 Å². The maximum Gasteiger partial charge on any atom is 0.265 e. The molecule has 0 saturated carbocycles. The molecule has 1 amide bonds. The van der Waals surface area contributed by atoms with Crippen molar-refractivity contribution in [1.82, 2.24) is 14.9 Å². The van der Waals surface area contributed by atoms with Gasteiger partial charge in [-0.25, -0.2) is 4.39 Å². The van der Waals surface area contributed by atoms with E-state index < -0.39 is 12.1 Å². The van der Waals surface area contributed by atoms with E-state index >= 15 is 0 Å². The highest BCUT2D eigenvalue weighted by Gasteiger charge is 2.19. The van der Waals surface area contributed by atoms with Gasteiger partial charge in [0.2, 0.25) is 0 Å². The number of piperidine rings is 1. The van der Waals surface area contributed by atoms with Crippen molar-refractivity contribution in [3.8, 4) is 11.3 Å². The van der Waals surface area contributed by atoms with Crippen molar-refractivity contribution in [2.75, 3.05) is 13.1 Å². The minimum Gasteiger partial charge on any atom is -0.364 e. The molecule has 4 rings (SSSR count). The number of benzene rings is 1. The standard InChI is InChI=1S/C20H21FN4O2/c21-14-2-1-7-25(11-14)10-12-3-5-16-13(8-12)9-18(23-16)15-4-6-17(19(22)26)24-20(15)27/h3-6,8-9,14,23H,1-2,7,10-11H2,(H2,22,26)(H,24,27). The average Bonchev–Trinajstić information content (AvgIpc) is 3.04. The van der Waals surface area contributed by atoms with E-state index in [1.165, 1.54) is 6.07 Å². The smallest absolute Gasteiger partial charge is 0.265 e. The third-order valence-corrected chi connectivity index (χ3v) is 5.00. The van der Waals surface area contributed by atoms with Crippen LogP contribution in [0.4, 0.5) is 4.39 Å². The number of primary amides is 1. The number of halogens is 1. The van der Waals surface area contributed by atoms with Gasteiger partial charge in [0.25, 0.3) is 11.5 Å². The molecule has 1 atom stereocenters. The molecule has 2 aromatic heterocycles. The maximum absolute atomic E-state index is 13.6. The van der Waals surface area contributed by atoms with Gasteiger partial charge in [-0.1, -0.05) is 6.07 Å². The van der Waals surface area contributed by atoms with Crippen molar-refractivity contribution in [2.24, 2.45) is 5.73 Å². The summed E-state index contributed by atoms with van der Waals surface area (Å²) in [4.78, 5) is 31.3. The number of fused-ring (bicyclic) bond motifs is 1. The van der Waals surface area contributed by atoms with Gasteiger partial charge in [0.05, 0.1) is 11.3 Å². The number of amides is 1. The molecular weight excluding hydrogens is 347 g/mol. The van der Waals surface area contributed by atoms with Crippen LogP contribution >= 0.6 is 0 Å². The number of nitrogens with one attached hydrogen (secondary N) is 2. The van der Waals surface area contributed by atoms with E-state index in [9.17, 15) is 14.0 Å². The fourth-order valence-electron chi connectivity index (χ4n) is 3.66. The summed E-state index contributed by atoms with van der Waals surface area (Å²) in [6.45, 7) is 2.11. The van der Waals surface area contributed by atoms with E-state index in [1.54, 1.807) is 6.07 Å². The number of aromatic nitrogens is 2. The number of nitrogens with zero attached hydrogens (tertiary/aromatic N) is 1. The maximum atomic E-state index is 13.6.